The van der Waals surface area contributed by atoms with Gasteiger partial charge in [0.2, 0.25) is 11.1 Å². The third kappa shape index (κ3) is 2.29. The molecule has 2 aromatic carbocycles. The molecule has 0 saturated carbocycles. The Kier molecular flexibility index (Phi) is 3.46. The lowest BCUT2D eigenvalue weighted by Gasteiger charge is -2.29. The van der Waals surface area contributed by atoms with Crippen LogP contribution in [-0.2, 0) is 6.42 Å². The maximum atomic E-state index is 12.8. The molecule has 0 saturated heterocycles. The van der Waals surface area contributed by atoms with Crippen molar-refractivity contribution in [3.63, 3.8) is 0 Å². The molecule has 0 bridgehead atoms. The lowest BCUT2D eigenvalue weighted by Crippen LogP contribution is -2.24. The average Bonchev–Trinajstić information content (AvgIpc) is 3.11. The van der Waals surface area contributed by atoms with Gasteiger partial charge in [0.05, 0.1) is 12.5 Å². The molecule has 0 amide bonds. The van der Waals surface area contributed by atoms with Crippen molar-refractivity contribution in [1.29, 1.82) is 0 Å². The highest BCUT2D eigenvalue weighted by Crippen LogP contribution is 2.38. The molecule has 2 aromatic heterocycles. The molecule has 0 aliphatic carbocycles. The van der Waals surface area contributed by atoms with E-state index in [-0.39, 0.29) is 5.43 Å². The second-order valence-corrected chi connectivity index (χ2v) is 7.29. The van der Waals surface area contributed by atoms with Gasteiger partial charge in [-0.05, 0) is 48.7 Å². The van der Waals surface area contributed by atoms with Crippen molar-refractivity contribution >= 4 is 43.5 Å². The van der Waals surface area contributed by atoms with Gasteiger partial charge in [-0.3, -0.25) is 4.79 Å². The van der Waals surface area contributed by atoms with Gasteiger partial charge in [-0.1, -0.05) is 23.5 Å². The van der Waals surface area contributed by atoms with Crippen molar-refractivity contribution in [3.05, 3.63) is 58.3 Å². The molecule has 0 atom stereocenters. The lowest BCUT2D eigenvalue weighted by atomic mass is 10.0. The fourth-order valence-electron chi connectivity index (χ4n) is 3.49. The SMILES string of the molecule is COc1ccc2c(c1)CCCN2c1nc2oc3ccccc3c(=O)c2s1. The van der Waals surface area contributed by atoms with E-state index in [1.54, 1.807) is 19.2 Å². The fourth-order valence-corrected chi connectivity index (χ4v) is 4.48. The molecule has 26 heavy (non-hydrogen) atoms. The maximum Gasteiger partial charge on any atom is 0.243 e. The number of hydrogen-bond acceptors (Lipinski definition) is 6. The second-order valence-electron chi connectivity index (χ2n) is 6.31. The standard InChI is InChI=1S/C20H16N2O3S/c1-24-13-8-9-15-12(11-13)5-4-10-22(15)20-21-19-18(26-20)17(23)14-6-2-3-7-16(14)25-19/h2-3,6-9,11H,4-5,10H2,1H3. The minimum Gasteiger partial charge on any atom is -0.497 e. The Morgan fingerprint density at radius 3 is 3.00 bits per heavy atom. The van der Waals surface area contributed by atoms with Crippen LogP contribution in [0.15, 0.2) is 51.7 Å². The van der Waals surface area contributed by atoms with Gasteiger partial charge in [0.25, 0.3) is 0 Å². The van der Waals surface area contributed by atoms with E-state index in [1.807, 2.05) is 18.2 Å². The van der Waals surface area contributed by atoms with Crippen LogP contribution in [0.25, 0.3) is 21.4 Å². The van der Waals surface area contributed by atoms with Gasteiger partial charge >= 0.3 is 0 Å². The molecule has 5 rings (SSSR count). The van der Waals surface area contributed by atoms with Crippen molar-refractivity contribution in [2.45, 2.75) is 12.8 Å². The van der Waals surface area contributed by atoms with Crippen LogP contribution in [0.1, 0.15) is 12.0 Å². The number of aryl methyl sites for hydroxylation is 1. The number of hydrogen-bond donors (Lipinski definition) is 0. The number of benzene rings is 2. The average molecular weight is 364 g/mol. The highest BCUT2D eigenvalue weighted by Gasteiger charge is 2.23. The molecule has 1 aliphatic rings. The summed E-state index contributed by atoms with van der Waals surface area (Å²) >= 11 is 1.40. The molecular weight excluding hydrogens is 348 g/mol. The minimum absolute atomic E-state index is 0.0161. The first-order valence-electron chi connectivity index (χ1n) is 8.51. The van der Waals surface area contributed by atoms with E-state index < -0.39 is 0 Å². The zero-order chi connectivity index (χ0) is 17.7. The molecule has 4 aromatic rings. The van der Waals surface area contributed by atoms with Crippen LogP contribution in [0.5, 0.6) is 5.75 Å². The first-order chi connectivity index (χ1) is 12.7. The summed E-state index contributed by atoms with van der Waals surface area (Å²) in [6.45, 7) is 0.868. The molecule has 1 aliphatic heterocycles. The van der Waals surface area contributed by atoms with Crippen LogP contribution in [0.2, 0.25) is 0 Å². The summed E-state index contributed by atoms with van der Waals surface area (Å²) in [6, 6.07) is 13.4. The first-order valence-corrected chi connectivity index (χ1v) is 9.33. The maximum absolute atomic E-state index is 12.8. The number of thiazole rings is 1. The molecule has 5 nitrogen and oxygen atoms in total. The summed E-state index contributed by atoms with van der Waals surface area (Å²) in [5.74, 6) is 0.859. The van der Waals surface area contributed by atoms with Crippen molar-refractivity contribution in [2.24, 2.45) is 0 Å². The summed E-state index contributed by atoms with van der Waals surface area (Å²) in [6.07, 6.45) is 2.04. The predicted molar refractivity (Wildman–Crippen MR) is 104 cm³/mol. The Labute approximate surface area is 153 Å². The Balaban J connectivity index is 1.68. The van der Waals surface area contributed by atoms with Crippen LogP contribution in [0.4, 0.5) is 10.8 Å². The number of aromatic nitrogens is 1. The lowest BCUT2D eigenvalue weighted by molar-refractivity contribution is 0.414. The zero-order valence-electron chi connectivity index (χ0n) is 14.2. The molecule has 0 N–H and O–H groups in total. The number of ether oxygens (including phenoxy) is 1. The largest absolute Gasteiger partial charge is 0.497 e. The number of rotatable bonds is 2. The van der Waals surface area contributed by atoms with Gasteiger partial charge in [-0.25, -0.2) is 0 Å². The van der Waals surface area contributed by atoms with Crippen LogP contribution >= 0.6 is 11.3 Å². The van der Waals surface area contributed by atoms with Gasteiger partial charge in [0.1, 0.15) is 16.0 Å². The molecular formula is C20H16N2O3S. The molecule has 6 heteroatoms. The van der Waals surface area contributed by atoms with E-state index in [0.29, 0.717) is 21.4 Å². The van der Waals surface area contributed by atoms with Crippen LogP contribution in [-0.4, -0.2) is 18.6 Å². The van der Waals surface area contributed by atoms with Crippen LogP contribution in [0.3, 0.4) is 0 Å². The summed E-state index contributed by atoms with van der Waals surface area (Å²) < 4.78 is 11.8. The minimum atomic E-state index is -0.0161. The summed E-state index contributed by atoms with van der Waals surface area (Å²) in [5, 5.41) is 1.39. The van der Waals surface area contributed by atoms with Crippen molar-refractivity contribution < 1.29 is 9.15 Å². The quantitative estimate of drug-likeness (QED) is 0.524. The van der Waals surface area contributed by atoms with E-state index >= 15 is 0 Å². The molecule has 0 unspecified atom stereocenters. The molecule has 130 valence electrons. The first kappa shape index (κ1) is 15.4. The molecule has 3 heterocycles. The number of methoxy groups -OCH3 is 1. The van der Waals surface area contributed by atoms with Crippen molar-refractivity contribution in [2.75, 3.05) is 18.6 Å². The zero-order valence-corrected chi connectivity index (χ0v) is 15.0. The summed E-state index contributed by atoms with van der Waals surface area (Å²) in [4.78, 5) is 19.6. The molecule has 0 fully saturated rings. The van der Waals surface area contributed by atoms with Crippen LogP contribution in [0, 0.1) is 0 Å². The van der Waals surface area contributed by atoms with Gasteiger partial charge in [-0.15, -0.1) is 0 Å². The van der Waals surface area contributed by atoms with E-state index in [2.05, 4.69) is 22.0 Å². The van der Waals surface area contributed by atoms with Gasteiger partial charge in [0.15, 0.2) is 5.13 Å². The van der Waals surface area contributed by atoms with E-state index in [1.165, 1.54) is 16.9 Å². The summed E-state index contributed by atoms with van der Waals surface area (Å²) in [7, 11) is 1.68. The van der Waals surface area contributed by atoms with Crippen molar-refractivity contribution in [3.8, 4) is 5.75 Å². The van der Waals surface area contributed by atoms with E-state index in [9.17, 15) is 4.79 Å². The summed E-state index contributed by atoms with van der Waals surface area (Å²) in [5.41, 5.74) is 3.32. The Morgan fingerprint density at radius 1 is 1.23 bits per heavy atom. The van der Waals surface area contributed by atoms with E-state index in [0.717, 1.165) is 36.0 Å². The second kappa shape index (κ2) is 5.85. The Hall–Kier alpha value is -2.86. The molecule has 0 radical (unpaired) electrons. The van der Waals surface area contributed by atoms with Crippen molar-refractivity contribution in [1.82, 2.24) is 4.98 Å². The van der Waals surface area contributed by atoms with Gasteiger partial charge < -0.3 is 14.1 Å². The third-order valence-corrected chi connectivity index (χ3v) is 5.82. The number of nitrogens with zero attached hydrogens (tertiary/aromatic N) is 2. The highest BCUT2D eigenvalue weighted by atomic mass is 32.1. The third-order valence-electron chi connectivity index (χ3n) is 4.77. The van der Waals surface area contributed by atoms with Gasteiger partial charge in [-0.2, -0.15) is 4.98 Å². The number of anilines is 2. The fraction of sp³-hybridized carbons (Fsp3) is 0.200. The number of fused-ring (bicyclic) bond motifs is 3. The van der Waals surface area contributed by atoms with E-state index in [4.69, 9.17) is 9.15 Å². The Morgan fingerprint density at radius 2 is 2.12 bits per heavy atom. The molecule has 0 spiro atoms. The normalized spacial score (nSPS) is 14.0. The van der Waals surface area contributed by atoms with Crippen LogP contribution < -0.4 is 15.1 Å². The Bertz CT molecular complexity index is 1190. The predicted octanol–water partition coefficient (Wildman–Crippen LogP) is 4.50. The highest BCUT2D eigenvalue weighted by molar-refractivity contribution is 7.22. The number of para-hydroxylation sites is 1. The van der Waals surface area contributed by atoms with Gasteiger partial charge in [0, 0.05) is 12.2 Å². The smallest absolute Gasteiger partial charge is 0.243 e. The topological polar surface area (TPSA) is 55.6 Å². The monoisotopic (exact) mass is 364 g/mol.